The first-order chi connectivity index (χ1) is 13.2. The van der Waals surface area contributed by atoms with Gasteiger partial charge in [-0.1, -0.05) is 79.2 Å². The smallest absolute Gasteiger partial charge is 0.261 e. The van der Waals surface area contributed by atoms with Crippen molar-refractivity contribution in [3.8, 4) is 16.9 Å². The maximum absolute atomic E-state index is 12.5. The predicted molar refractivity (Wildman–Crippen MR) is 110 cm³/mol. The van der Waals surface area contributed by atoms with Crippen molar-refractivity contribution in [2.75, 3.05) is 0 Å². The molecule has 0 saturated carbocycles. The van der Waals surface area contributed by atoms with Crippen molar-refractivity contribution in [3.63, 3.8) is 0 Å². The van der Waals surface area contributed by atoms with E-state index in [0.29, 0.717) is 18.7 Å². The quantitative estimate of drug-likeness (QED) is 0.635. The van der Waals surface area contributed by atoms with Gasteiger partial charge in [0.2, 0.25) is 0 Å². The summed E-state index contributed by atoms with van der Waals surface area (Å²) in [5.41, 5.74) is 4.57. The van der Waals surface area contributed by atoms with Gasteiger partial charge in [0.1, 0.15) is 5.75 Å². The molecule has 3 nitrogen and oxygen atoms in total. The SMILES string of the molecule is CCC(Oc1ccc(-c2ccccc2)cc1)C(=O)NCc1ccc(C)cc1. The second-order valence-electron chi connectivity index (χ2n) is 6.61. The standard InChI is InChI=1S/C24H25NO2/c1-3-23(24(26)25-17-19-11-9-18(2)10-12-19)27-22-15-13-21(14-16-22)20-7-5-4-6-8-20/h4-16,23H,3,17H2,1-2H3,(H,25,26). The first-order valence-corrected chi connectivity index (χ1v) is 9.31. The van der Waals surface area contributed by atoms with Crippen LogP contribution in [0.5, 0.6) is 5.75 Å². The Labute approximate surface area is 161 Å². The van der Waals surface area contributed by atoms with Crippen LogP contribution in [-0.2, 0) is 11.3 Å². The molecule has 0 aliphatic carbocycles. The van der Waals surface area contributed by atoms with E-state index in [2.05, 4.69) is 17.4 Å². The van der Waals surface area contributed by atoms with Gasteiger partial charge in [0.15, 0.2) is 6.10 Å². The molecule has 3 aromatic carbocycles. The Bertz CT molecular complexity index is 855. The summed E-state index contributed by atoms with van der Waals surface area (Å²) in [6.07, 6.45) is 0.109. The van der Waals surface area contributed by atoms with Gasteiger partial charge >= 0.3 is 0 Å². The number of carbonyl (C=O) groups excluding carboxylic acids is 1. The van der Waals surface area contributed by atoms with E-state index in [0.717, 1.165) is 16.7 Å². The van der Waals surface area contributed by atoms with Gasteiger partial charge in [0.25, 0.3) is 5.91 Å². The minimum absolute atomic E-state index is 0.0924. The molecule has 0 saturated heterocycles. The molecular formula is C24H25NO2. The molecule has 1 unspecified atom stereocenters. The monoisotopic (exact) mass is 359 g/mol. The van der Waals surface area contributed by atoms with Gasteiger partial charge in [-0.15, -0.1) is 0 Å². The number of hydrogen-bond acceptors (Lipinski definition) is 2. The molecule has 3 aromatic rings. The van der Waals surface area contributed by atoms with E-state index >= 15 is 0 Å². The molecule has 3 rings (SSSR count). The lowest BCUT2D eigenvalue weighted by atomic mass is 10.1. The summed E-state index contributed by atoms with van der Waals surface area (Å²) in [7, 11) is 0. The van der Waals surface area contributed by atoms with Gasteiger partial charge in [-0.25, -0.2) is 0 Å². The van der Waals surface area contributed by atoms with Crippen LogP contribution in [0.2, 0.25) is 0 Å². The molecule has 1 N–H and O–H groups in total. The summed E-state index contributed by atoms with van der Waals surface area (Å²) in [6.45, 7) is 4.51. The Morgan fingerprint density at radius 1 is 0.889 bits per heavy atom. The highest BCUT2D eigenvalue weighted by Gasteiger charge is 2.18. The molecule has 0 fully saturated rings. The fourth-order valence-corrected chi connectivity index (χ4v) is 2.85. The van der Waals surface area contributed by atoms with Crippen molar-refractivity contribution in [2.45, 2.75) is 32.9 Å². The van der Waals surface area contributed by atoms with Crippen molar-refractivity contribution in [1.29, 1.82) is 0 Å². The summed E-state index contributed by atoms with van der Waals surface area (Å²) < 4.78 is 5.91. The summed E-state index contributed by atoms with van der Waals surface area (Å²) in [4.78, 5) is 12.5. The van der Waals surface area contributed by atoms with Crippen LogP contribution < -0.4 is 10.1 Å². The van der Waals surface area contributed by atoms with E-state index in [4.69, 9.17) is 4.74 Å². The average molecular weight is 359 g/mol. The average Bonchev–Trinajstić information content (AvgIpc) is 2.72. The number of rotatable bonds is 7. The molecule has 0 aromatic heterocycles. The predicted octanol–water partition coefficient (Wildman–Crippen LogP) is 5.14. The Morgan fingerprint density at radius 2 is 1.52 bits per heavy atom. The number of nitrogens with one attached hydrogen (secondary N) is 1. The van der Waals surface area contributed by atoms with Crippen LogP contribution in [0, 0.1) is 6.92 Å². The maximum atomic E-state index is 12.5. The first-order valence-electron chi connectivity index (χ1n) is 9.31. The fourth-order valence-electron chi connectivity index (χ4n) is 2.85. The lowest BCUT2D eigenvalue weighted by Gasteiger charge is -2.17. The first kappa shape index (κ1) is 18.7. The zero-order valence-electron chi connectivity index (χ0n) is 15.8. The lowest BCUT2D eigenvalue weighted by Crippen LogP contribution is -2.37. The molecule has 0 spiro atoms. The van der Waals surface area contributed by atoms with Gasteiger partial charge in [-0.05, 0) is 42.2 Å². The second-order valence-corrected chi connectivity index (χ2v) is 6.61. The molecule has 0 heterocycles. The molecule has 0 bridgehead atoms. The minimum Gasteiger partial charge on any atom is -0.481 e. The van der Waals surface area contributed by atoms with Crippen LogP contribution in [0.4, 0.5) is 0 Å². The number of ether oxygens (including phenoxy) is 1. The van der Waals surface area contributed by atoms with Gasteiger partial charge in [0, 0.05) is 6.54 Å². The van der Waals surface area contributed by atoms with E-state index in [9.17, 15) is 4.79 Å². The minimum atomic E-state index is -0.502. The number of aryl methyl sites for hydroxylation is 1. The van der Waals surface area contributed by atoms with Crippen LogP contribution in [0.1, 0.15) is 24.5 Å². The summed E-state index contributed by atoms with van der Waals surface area (Å²) >= 11 is 0. The molecule has 1 amide bonds. The number of hydrogen-bond donors (Lipinski definition) is 1. The van der Waals surface area contributed by atoms with E-state index in [1.165, 1.54) is 5.56 Å². The number of amides is 1. The highest BCUT2D eigenvalue weighted by molar-refractivity contribution is 5.81. The van der Waals surface area contributed by atoms with Crippen LogP contribution in [-0.4, -0.2) is 12.0 Å². The zero-order chi connectivity index (χ0) is 19.1. The van der Waals surface area contributed by atoms with Crippen LogP contribution in [0.25, 0.3) is 11.1 Å². The van der Waals surface area contributed by atoms with E-state index in [1.54, 1.807) is 0 Å². The van der Waals surface area contributed by atoms with Gasteiger partial charge < -0.3 is 10.1 Å². The Morgan fingerprint density at radius 3 is 2.15 bits per heavy atom. The highest BCUT2D eigenvalue weighted by Crippen LogP contribution is 2.23. The lowest BCUT2D eigenvalue weighted by molar-refractivity contribution is -0.128. The zero-order valence-corrected chi connectivity index (χ0v) is 15.8. The molecule has 0 aliphatic heterocycles. The largest absolute Gasteiger partial charge is 0.481 e. The van der Waals surface area contributed by atoms with Crippen LogP contribution >= 0.6 is 0 Å². The third kappa shape index (κ3) is 5.20. The third-order valence-corrected chi connectivity index (χ3v) is 4.49. The summed E-state index contributed by atoms with van der Waals surface area (Å²) in [5, 5.41) is 2.96. The molecule has 0 aliphatic rings. The topological polar surface area (TPSA) is 38.3 Å². The van der Waals surface area contributed by atoms with E-state index in [1.807, 2.05) is 80.6 Å². The number of benzene rings is 3. The van der Waals surface area contributed by atoms with Crippen molar-refractivity contribution >= 4 is 5.91 Å². The van der Waals surface area contributed by atoms with Crippen LogP contribution in [0.15, 0.2) is 78.9 Å². The second kappa shape index (κ2) is 9.04. The molecule has 3 heteroatoms. The van der Waals surface area contributed by atoms with Crippen molar-refractivity contribution in [2.24, 2.45) is 0 Å². The van der Waals surface area contributed by atoms with E-state index < -0.39 is 6.10 Å². The van der Waals surface area contributed by atoms with Gasteiger partial charge in [0.05, 0.1) is 0 Å². The van der Waals surface area contributed by atoms with Crippen molar-refractivity contribution < 1.29 is 9.53 Å². The van der Waals surface area contributed by atoms with Crippen molar-refractivity contribution in [3.05, 3.63) is 90.0 Å². The molecule has 138 valence electrons. The highest BCUT2D eigenvalue weighted by atomic mass is 16.5. The molecule has 0 radical (unpaired) electrons. The van der Waals surface area contributed by atoms with Gasteiger partial charge in [-0.2, -0.15) is 0 Å². The normalized spacial score (nSPS) is 11.6. The Kier molecular flexibility index (Phi) is 6.26. The molecular weight excluding hydrogens is 334 g/mol. The molecule has 1 atom stereocenters. The van der Waals surface area contributed by atoms with Crippen LogP contribution in [0.3, 0.4) is 0 Å². The number of carbonyl (C=O) groups is 1. The Hall–Kier alpha value is -3.07. The maximum Gasteiger partial charge on any atom is 0.261 e. The third-order valence-electron chi connectivity index (χ3n) is 4.49. The Balaban J connectivity index is 1.58. The fraction of sp³-hybridized carbons (Fsp3) is 0.208. The van der Waals surface area contributed by atoms with Gasteiger partial charge in [-0.3, -0.25) is 4.79 Å². The molecule has 27 heavy (non-hydrogen) atoms. The van der Waals surface area contributed by atoms with Crippen molar-refractivity contribution in [1.82, 2.24) is 5.32 Å². The summed E-state index contributed by atoms with van der Waals surface area (Å²) in [6, 6.07) is 26.2. The summed E-state index contributed by atoms with van der Waals surface area (Å²) in [5.74, 6) is 0.609. The van der Waals surface area contributed by atoms with E-state index in [-0.39, 0.29) is 5.91 Å².